The van der Waals surface area contributed by atoms with Crippen LogP contribution in [-0.4, -0.2) is 26.2 Å². The molecule has 2 N–H and O–H groups in total. The highest BCUT2D eigenvalue weighted by Crippen LogP contribution is 2.19. The minimum absolute atomic E-state index is 0.0222. The molecule has 0 aliphatic rings. The van der Waals surface area contributed by atoms with Gasteiger partial charge in [0.2, 0.25) is 0 Å². The van der Waals surface area contributed by atoms with Crippen molar-refractivity contribution in [1.82, 2.24) is 15.0 Å². The lowest BCUT2D eigenvalue weighted by Gasteiger charge is -2.00. The molecule has 6 heteroatoms. The molecule has 0 spiro atoms. The number of hydrogen-bond donors (Lipinski definition) is 2. The molecule has 0 fully saturated rings. The summed E-state index contributed by atoms with van der Waals surface area (Å²) in [6.45, 7) is 0. The number of carboxylic acid groups (broad SMARTS) is 1. The predicted octanol–water partition coefficient (Wildman–Crippen LogP) is 2.61. The second-order valence-electron chi connectivity index (χ2n) is 4.30. The van der Waals surface area contributed by atoms with Crippen molar-refractivity contribution < 1.29 is 14.6 Å². The van der Waals surface area contributed by atoms with Gasteiger partial charge in [-0.1, -0.05) is 12.1 Å². The number of fused-ring (bicyclic) bond motifs is 1. The van der Waals surface area contributed by atoms with Gasteiger partial charge in [-0.15, -0.1) is 0 Å². The van der Waals surface area contributed by atoms with Crippen molar-refractivity contribution in [2.45, 2.75) is 6.42 Å². The number of nitrogens with one attached hydrogen (secondary N) is 1. The molecule has 0 amide bonds. The van der Waals surface area contributed by atoms with Crippen LogP contribution in [0.3, 0.4) is 0 Å². The molecule has 0 bridgehead atoms. The molecule has 0 saturated carbocycles. The van der Waals surface area contributed by atoms with Crippen LogP contribution in [0.25, 0.3) is 11.0 Å². The SMILES string of the molecule is O=C(O)Oc1nc2ccc(Cc3cccnc3)cc2[nH]1. The fourth-order valence-corrected chi connectivity index (χ4v) is 2.01. The van der Waals surface area contributed by atoms with Crippen molar-refractivity contribution in [1.29, 1.82) is 0 Å². The van der Waals surface area contributed by atoms with Gasteiger partial charge in [0.25, 0.3) is 0 Å². The maximum atomic E-state index is 10.5. The number of hydrogen-bond acceptors (Lipinski definition) is 4. The van der Waals surface area contributed by atoms with Crippen LogP contribution in [0, 0.1) is 0 Å². The Labute approximate surface area is 114 Å². The van der Waals surface area contributed by atoms with Crippen molar-refractivity contribution >= 4 is 17.2 Å². The lowest BCUT2D eigenvalue weighted by atomic mass is 10.1. The van der Waals surface area contributed by atoms with Crippen LogP contribution in [0.15, 0.2) is 42.7 Å². The molecule has 0 atom stereocenters. The number of carbonyl (C=O) groups is 1. The standard InChI is InChI=1S/C14H11N3O3/c18-14(19)20-13-16-11-4-3-9(7-12(11)17-13)6-10-2-1-5-15-8-10/h1-5,7-8H,6H2,(H,16,17)(H,18,19). The van der Waals surface area contributed by atoms with Gasteiger partial charge in [0.05, 0.1) is 11.0 Å². The highest BCUT2D eigenvalue weighted by Gasteiger charge is 2.08. The lowest BCUT2D eigenvalue weighted by Crippen LogP contribution is -2.03. The van der Waals surface area contributed by atoms with Gasteiger partial charge in [-0.05, 0) is 35.7 Å². The van der Waals surface area contributed by atoms with Crippen molar-refractivity contribution in [3.05, 3.63) is 53.9 Å². The van der Waals surface area contributed by atoms with Gasteiger partial charge >= 0.3 is 12.2 Å². The summed E-state index contributed by atoms with van der Waals surface area (Å²) in [5.74, 6) is 0. The molecular formula is C14H11N3O3. The summed E-state index contributed by atoms with van der Waals surface area (Å²) in [5, 5.41) is 8.55. The third-order valence-corrected chi connectivity index (χ3v) is 2.84. The van der Waals surface area contributed by atoms with Crippen LogP contribution >= 0.6 is 0 Å². The van der Waals surface area contributed by atoms with E-state index in [1.807, 2.05) is 36.5 Å². The minimum atomic E-state index is -1.39. The Hall–Kier alpha value is -2.89. The van der Waals surface area contributed by atoms with Crippen molar-refractivity contribution in [2.24, 2.45) is 0 Å². The van der Waals surface area contributed by atoms with Gasteiger partial charge in [-0.25, -0.2) is 4.79 Å². The molecule has 0 aliphatic carbocycles. The molecule has 6 nitrogen and oxygen atoms in total. The zero-order valence-corrected chi connectivity index (χ0v) is 10.4. The zero-order valence-electron chi connectivity index (χ0n) is 10.4. The number of aromatic nitrogens is 3. The van der Waals surface area contributed by atoms with E-state index in [1.165, 1.54) is 0 Å². The lowest BCUT2D eigenvalue weighted by molar-refractivity contribution is 0.141. The van der Waals surface area contributed by atoms with Crippen LogP contribution < -0.4 is 4.74 Å². The second kappa shape index (κ2) is 5.00. The Morgan fingerprint density at radius 1 is 1.30 bits per heavy atom. The third-order valence-electron chi connectivity index (χ3n) is 2.84. The summed E-state index contributed by atoms with van der Waals surface area (Å²) in [5.41, 5.74) is 3.59. The topological polar surface area (TPSA) is 88.1 Å². The van der Waals surface area contributed by atoms with Crippen LogP contribution in [0.2, 0.25) is 0 Å². The number of benzene rings is 1. The van der Waals surface area contributed by atoms with Crippen LogP contribution in [0.5, 0.6) is 6.01 Å². The molecule has 0 unspecified atom stereocenters. The van der Waals surface area contributed by atoms with E-state index in [-0.39, 0.29) is 6.01 Å². The van der Waals surface area contributed by atoms with E-state index >= 15 is 0 Å². The Morgan fingerprint density at radius 2 is 2.20 bits per heavy atom. The predicted molar refractivity (Wildman–Crippen MR) is 71.8 cm³/mol. The van der Waals surface area contributed by atoms with Crippen molar-refractivity contribution in [3.8, 4) is 6.01 Å². The zero-order chi connectivity index (χ0) is 13.9. The first-order chi connectivity index (χ1) is 9.70. The summed E-state index contributed by atoms with van der Waals surface area (Å²) < 4.78 is 4.50. The highest BCUT2D eigenvalue weighted by molar-refractivity contribution is 5.77. The fourth-order valence-electron chi connectivity index (χ4n) is 2.01. The average Bonchev–Trinajstić information content (AvgIpc) is 2.80. The van der Waals surface area contributed by atoms with Gasteiger partial charge in [0, 0.05) is 12.4 Å². The summed E-state index contributed by atoms with van der Waals surface area (Å²) >= 11 is 0. The van der Waals surface area contributed by atoms with E-state index in [9.17, 15) is 4.79 Å². The smallest absolute Gasteiger partial charge is 0.449 e. The Bertz CT molecular complexity index is 753. The number of nitrogens with zero attached hydrogens (tertiary/aromatic N) is 2. The quantitative estimate of drug-likeness (QED) is 0.713. The van der Waals surface area contributed by atoms with Gasteiger partial charge in [-0.2, -0.15) is 4.98 Å². The normalized spacial score (nSPS) is 10.6. The van der Waals surface area contributed by atoms with Crippen LogP contribution in [0.4, 0.5) is 4.79 Å². The van der Waals surface area contributed by atoms with E-state index in [0.29, 0.717) is 5.52 Å². The van der Waals surface area contributed by atoms with Gasteiger partial charge in [0.15, 0.2) is 0 Å². The van der Waals surface area contributed by atoms with Crippen molar-refractivity contribution in [2.75, 3.05) is 0 Å². The van der Waals surface area contributed by atoms with E-state index in [1.54, 1.807) is 6.20 Å². The highest BCUT2D eigenvalue weighted by atomic mass is 16.7. The van der Waals surface area contributed by atoms with E-state index in [4.69, 9.17) is 5.11 Å². The molecule has 1 aromatic carbocycles. The van der Waals surface area contributed by atoms with E-state index in [2.05, 4.69) is 19.7 Å². The summed E-state index contributed by atoms with van der Waals surface area (Å²) in [6.07, 6.45) is 2.91. The molecule has 0 radical (unpaired) electrons. The second-order valence-corrected chi connectivity index (χ2v) is 4.30. The molecule has 20 heavy (non-hydrogen) atoms. The summed E-state index contributed by atoms with van der Waals surface area (Å²) in [6, 6.07) is 9.56. The monoisotopic (exact) mass is 269 g/mol. The van der Waals surface area contributed by atoms with Gasteiger partial charge < -0.3 is 14.8 Å². The van der Waals surface area contributed by atoms with Crippen LogP contribution in [-0.2, 0) is 6.42 Å². The molecule has 3 rings (SSSR count). The third kappa shape index (κ3) is 2.59. The van der Waals surface area contributed by atoms with Gasteiger partial charge in [-0.3, -0.25) is 4.98 Å². The van der Waals surface area contributed by atoms with Crippen LogP contribution in [0.1, 0.15) is 11.1 Å². The molecule has 0 aliphatic heterocycles. The van der Waals surface area contributed by atoms with Gasteiger partial charge in [0.1, 0.15) is 0 Å². The first-order valence-electron chi connectivity index (χ1n) is 5.99. The maximum absolute atomic E-state index is 10.5. The largest absolute Gasteiger partial charge is 0.513 e. The molecule has 3 aromatic rings. The number of ether oxygens (including phenoxy) is 1. The summed E-state index contributed by atoms with van der Waals surface area (Å²) in [4.78, 5) is 21.4. The first kappa shape index (κ1) is 12.2. The van der Waals surface area contributed by atoms with Crippen molar-refractivity contribution in [3.63, 3.8) is 0 Å². The molecule has 0 saturated heterocycles. The molecule has 2 aromatic heterocycles. The number of rotatable bonds is 3. The maximum Gasteiger partial charge on any atom is 0.513 e. The van der Waals surface area contributed by atoms with E-state index < -0.39 is 6.16 Å². The number of aromatic amines is 1. The minimum Gasteiger partial charge on any atom is -0.449 e. The van der Waals surface area contributed by atoms with E-state index in [0.717, 1.165) is 23.1 Å². The molecular weight excluding hydrogens is 258 g/mol. The fraction of sp³-hybridized carbons (Fsp3) is 0.0714. The average molecular weight is 269 g/mol. The Kier molecular flexibility index (Phi) is 3.04. The number of imidazole rings is 1. The Balaban J connectivity index is 1.88. The first-order valence-corrected chi connectivity index (χ1v) is 5.99. The number of pyridine rings is 1. The number of H-pyrrole nitrogens is 1. The molecule has 2 heterocycles. The summed E-state index contributed by atoms with van der Waals surface area (Å²) in [7, 11) is 0. The molecule has 100 valence electrons. The Morgan fingerprint density at radius 3 is 2.95 bits per heavy atom.